The van der Waals surface area contributed by atoms with Gasteiger partial charge < -0.3 is 0 Å². The molecule has 0 spiro atoms. The van der Waals surface area contributed by atoms with Crippen LogP contribution in [0.25, 0.3) is 0 Å². The van der Waals surface area contributed by atoms with Gasteiger partial charge in [-0.2, -0.15) is 0 Å². The molecular formula is C12H17NO2S. The summed E-state index contributed by atoms with van der Waals surface area (Å²) in [5.41, 5.74) is 2.38. The molecule has 0 atom stereocenters. The van der Waals surface area contributed by atoms with Gasteiger partial charge in [-0.25, -0.2) is 5.48 Å². The molecule has 0 saturated heterocycles. The van der Waals surface area contributed by atoms with Gasteiger partial charge in [-0.3, -0.25) is 9.63 Å². The van der Waals surface area contributed by atoms with Crippen molar-refractivity contribution in [2.75, 3.05) is 12.4 Å². The topological polar surface area (TPSA) is 38.3 Å². The van der Waals surface area contributed by atoms with Gasteiger partial charge in [0.2, 0.25) is 5.91 Å². The minimum Gasteiger partial charge on any atom is -0.274 e. The molecule has 0 radical (unpaired) electrons. The van der Waals surface area contributed by atoms with Crippen LogP contribution in [0.2, 0.25) is 0 Å². The standard InChI is InChI=1S/C12H17NO2S/c1-2-15-13-12(14)9-6-10-16-11-7-4-3-5-8-11/h3-5,7-8H,2,6,9-10H2,1H3,(H,13,14). The van der Waals surface area contributed by atoms with Gasteiger partial charge in [-0.1, -0.05) is 18.2 Å². The van der Waals surface area contributed by atoms with E-state index in [1.165, 1.54) is 4.90 Å². The van der Waals surface area contributed by atoms with Crippen molar-refractivity contribution in [1.29, 1.82) is 0 Å². The quantitative estimate of drug-likeness (QED) is 0.451. The molecule has 0 aromatic heterocycles. The van der Waals surface area contributed by atoms with E-state index in [-0.39, 0.29) is 5.91 Å². The van der Waals surface area contributed by atoms with Crippen LogP contribution in [0.4, 0.5) is 0 Å². The first-order valence-electron chi connectivity index (χ1n) is 5.41. The Morgan fingerprint density at radius 2 is 2.12 bits per heavy atom. The number of carbonyl (C=O) groups excluding carboxylic acids is 1. The fourth-order valence-corrected chi connectivity index (χ4v) is 2.02. The van der Waals surface area contributed by atoms with E-state index >= 15 is 0 Å². The molecule has 0 fully saturated rings. The third-order valence-electron chi connectivity index (χ3n) is 1.89. The van der Waals surface area contributed by atoms with Gasteiger partial charge in [0, 0.05) is 11.3 Å². The highest BCUT2D eigenvalue weighted by Gasteiger charge is 2.00. The molecule has 0 aliphatic rings. The predicted molar refractivity (Wildman–Crippen MR) is 66.2 cm³/mol. The van der Waals surface area contributed by atoms with Crippen LogP contribution in [0, 0.1) is 0 Å². The number of amides is 1. The Morgan fingerprint density at radius 1 is 1.38 bits per heavy atom. The van der Waals surface area contributed by atoms with Crippen LogP contribution in [-0.2, 0) is 9.63 Å². The highest BCUT2D eigenvalue weighted by atomic mass is 32.2. The molecule has 3 nitrogen and oxygen atoms in total. The number of thioether (sulfide) groups is 1. The van der Waals surface area contributed by atoms with E-state index in [1.54, 1.807) is 11.8 Å². The van der Waals surface area contributed by atoms with E-state index in [0.717, 1.165) is 12.2 Å². The molecule has 88 valence electrons. The van der Waals surface area contributed by atoms with Crippen molar-refractivity contribution < 1.29 is 9.63 Å². The highest BCUT2D eigenvalue weighted by Crippen LogP contribution is 2.18. The molecule has 0 heterocycles. The first kappa shape index (κ1) is 13.1. The molecule has 1 amide bonds. The molecule has 1 N–H and O–H groups in total. The summed E-state index contributed by atoms with van der Waals surface area (Å²) >= 11 is 1.77. The largest absolute Gasteiger partial charge is 0.274 e. The molecule has 0 aliphatic carbocycles. The maximum absolute atomic E-state index is 11.2. The first-order valence-corrected chi connectivity index (χ1v) is 6.40. The number of hydrogen-bond acceptors (Lipinski definition) is 3. The van der Waals surface area contributed by atoms with Crippen LogP contribution in [-0.4, -0.2) is 18.3 Å². The van der Waals surface area contributed by atoms with E-state index in [0.29, 0.717) is 13.0 Å². The summed E-state index contributed by atoms with van der Waals surface area (Å²) in [5.74, 6) is 0.902. The zero-order valence-electron chi connectivity index (χ0n) is 9.44. The Hall–Kier alpha value is -1.00. The lowest BCUT2D eigenvalue weighted by Gasteiger charge is -2.03. The second kappa shape index (κ2) is 8.19. The van der Waals surface area contributed by atoms with E-state index in [2.05, 4.69) is 17.6 Å². The first-order chi connectivity index (χ1) is 7.83. The normalized spacial score (nSPS) is 10.1. The molecule has 0 saturated carbocycles. The minimum absolute atomic E-state index is 0.0458. The maximum atomic E-state index is 11.2. The number of nitrogens with one attached hydrogen (secondary N) is 1. The van der Waals surface area contributed by atoms with Crippen LogP contribution in [0.5, 0.6) is 0 Å². The number of hydroxylamine groups is 1. The van der Waals surface area contributed by atoms with E-state index in [4.69, 9.17) is 4.84 Å². The van der Waals surface area contributed by atoms with Crippen molar-refractivity contribution in [1.82, 2.24) is 5.48 Å². The van der Waals surface area contributed by atoms with Crippen LogP contribution >= 0.6 is 11.8 Å². The van der Waals surface area contributed by atoms with Crippen LogP contribution in [0.15, 0.2) is 35.2 Å². The Labute approximate surface area is 101 Å². The van der Waals surface area contributed by atoms with E-state index in [1.807, 2.05) is 25.1 Å². The molecular weight excluding hydrogens is 222 g/mol. The molecule has 0 unspecified atom stereocenters. The van der Waals surface area contributed by atoms with Crippen LogP contribution in [0.3, 0.4) is 0 Å². The van der Waals surface area contributed by atoms with Gasteiger partial charge in [0.15, 0.2) is 0 Å². The van der Waals surface area contributed by atoms with Crippen LogP contribution in [0.1, 0.15) is 19.8 Å². The average Bonchev–Trinajstić information content (AvgIpc) is 2.33. The molecule has 16 heavy (non-hydrogen) atoms. The number of carbonyl (C=O) groups is 1. The third-order valence-corrected chi connectivity index (χ3v) is 2.99. The van der Waals surface area contributed by atoms with Crippen molar-refractivity contribution >= 4 is 17.7 Å². The number of rotatable bonds is 7. The Morgan fingerprint density at radius 3 is 2.81 bits per heavy atom. The summed E-state index contributed by atoms with van der Waals surface area (Å²) in [6, 6.07) is 10.2. The van der Waals surface area contributed by atoms with Crippen molar-refractivity contribution in [3.05, 3.63) is 30.3 Å². The number of benzene rings is 1. The summed E-state index contributed by atoms with van der Waals surface area (Å²) in [6.07, 6.45) is 1.37. The third kappa shape index (κ3) is 5.78. The highest BCUT2D eigenvalue weighted by molar-refractivity contribution is 7.99. The average molecular weight is 239 g/mol. The minimum atomic E-state index is -0.0458. The Bertz CT molecular complexity index is 303. The molecule has 0 aliphatic heterocycles. The smallest absolute Gasteiger partial charge is 0.243 e. The zero-order valence-corrected chi connectivity index (χ0v) is 10.3. The van der Waals surface area contributed by atoms with Gasteiger partial charge >= 0.3 is 0 Å². The lowest BCUT2D eigenvalue weighted by Crippen LogP contribution is -2.23. The second-order valence-electron chi connectivity index (χ2n) is 3.22. The Kier molecular flexibility index (Phi) is 6.69. The monoisotopic (exact) mass is 239 g/mol. The van der Waals surface area contributed by atoms with Gasteiger partial charge in [-0.05, 0) is 31.2 Å². The van der Waals surface area contributed by atoms with Crippen molar-refractivity contribution in [3.8, 4) is 0 Å². The summed E-state index contributed by atoms with van der Waals surface area (Å²) in [5, 5.41) is 0. The molecule has 4 heteroatoms. The Balaban J connectivity index is 2.06. The van der Waals surface area contributed by atoms with Crippen molar-refractivity contribution in [3.63, 3.8) is 0 Å². The number of hydrogen-bond donors (Lipinski definition) is 1. The summed E-state index contributed by atoms with van der Waals surface area (Å²) in [4.78, 5) is 17.2. The molecule has 1 aromatic carbocycles. The lowest BCUT2D eigenvalue weighted by molar-refractivity contribution is -0.133. The molecule has 1 rings (SSSR count). The van der Waals surface area contributed by atoms with Gasteiger partial charge in [-0.15, -0.1) is 11.8 Å². The predicted octanol–water partition coefficient (Wildman–Crippen LogP) is 2.63. The SMILES string of the molecule is CCONC(=O)CCCSc1ccccc1. The molecule has 1 aromatic rings. The van der Waals surface area contributed by atoms with E-state index < -0.39 is 0 Å². The second-order valence-corrected chi connectivity index (χ2v) is 4.39. The van der Waals surface area contributed by atoms with Crippen molar-refractivity contribution in [2.24, 2.45) is 0 Å². The zero-order chi connectivity index (χ0) is 11.6. The van der Waals surface area contributed by atoms with E-state index in [9.17, 15) is 4.79 Å². The molecule has 0 bridgehead atoms. The van der Waals surface area contributed by atoms with Gasteiger partial charge in [0.05, 0.1) is 6.61 Å². The fourth-order valence-electron chi connectivity index (χ4n) is 1.14. The van der Waals surface area contributed by atoms with Gasteiger partial charge in [0.1, 0.15) is 0 Å². The lowest BCUT2D eigenvalue weighted by atomic mass is 10.3. The van der Waals surface area contributed by atoms with Gasteiger partial charge in [0.25, 0.3) is 0 Å². The summed E-state index contributed by atoms with van der Waals surface area (Å²) < 4.78 is 0. The summed E-state index contributed by atoms with van der Waals surface area (Å²) in [6.45, 7) is 2.34. The summed E-state index contributed by atoms with van der Waals surface area (Å²) in [7, 11) is 0. The van der Waals surface area contributed by atoms with Crippen LogP contribution < -0.4 is 5.48 Å². The fraction of sp³-hybridized carbons (Fsp3) is 0.417. The van der Waals surface area contributed by atoms with Crippen molar-refractivity contribution in [2.45, 2.75) is 24.7 Å². The maximum Gasteiger partial charge on any atom is 0.243 e.